The van der Waals surface area contributed by atoms with Crippen molar-refractivity contribution in [1.29, 1.82) is 0 Å². The minimum atomic E-state index is -4.58. The molecule has 168 valence electrons. The first-order chi connectivity index (χ1) is 15.3. The van der Waals surface area contributed by atoms with E-state index in [0.29, 0.717) is 49.7 Å². The Morgan fingerprint density at radius 3 is 2.47 bits per heavy atom. The van der Waals surface area contributed by atoms with E-state index in [9.17, 15) is 22.8 Å². The summed E-state index contributed by atoms with van der Waals surface area (Å²) in [6, 6.07) is 3.71. The first kappa shape index (κ1) is 20.9. The Kier molecular flexibility index (Phi) is 5.13. The zero-order valence-electron chi connectivity index (χ0n) is 16.7. The van der Waals surface area contributed by atoms with Crippen LogP contribution in [0.3, 0.4) is 0 Å². The van der Waals surface area contributed by atoms with Crippen molar-refractivity contribution >= 4 is 34.3 Å². The fourth-order valence-electron chi connectivity index (χ4n) is 3.94. The summed E-state index contributed by atoms with van der Waals surface area (Å²) in [5.74, 6) is -0.452. The van der Waals surface area contributed by atoms with Gasteiger partial charge < -0.3 is 14.2 Å². The summed E-state index contributed by atoms with van der Waals surface area (Å²) in [4.78, 5) is 38.2. The maximum atomic E-state index is 12.8. The summed E-state index contributed by atoms with van der Waals surface area (Å²) in [5, 5.41) is 2.61. The Labute approximate surface area is 184 Å². The van der Waals surface area contributed by atoms with Gasteiger partial charge in [0.1, 0.15) is 5.69 Å². The molecule has 0 N–H and O–H groups in total. The smallest absolute Gasteiger partial charge is 0.433 e. The van der Waals surface area contributed by atoms with Gasteiger partial charge in [-0.2, -0.15) is 13.2 Å². The number of piperazine rings is 1. The lowest BCUT2D eigenvalue weighted by Crippen LogP contribution is -2.64. The number of nitrogens with zero attached hydrogens (tertiary/aromatic N) is 5. The van der Waals surface area contributed by atoms with Crippen LogP contribution in [-0.2, 0) is 6.18 Å². The fourth-order valence-corrected chi connectivity index (χ4v) is 4.55. The number of thiazole rings is 1. The molecule has 0 spiro atoms. The maximum absolute atomic E-state index is 12.8. The molecule has 5 rings (SSSR count). The molecule has 0 saturated carbocycles. The topological polar surface area (TPSA) is 82.8 Å². The lowest BCUT2D eigenvalue weighted by Gasteiger charge is -2.47. The van der Waals surface area contributed by atoms with Gasteiger partial charge >= 0.3 is 6.18 Å². The third kappa shape index (κ3) is 3.84. The number of carbonyl (C=O) groups is 2. The van der Waals surface area contributed by atoms with Crippen molar-refractivity contribution in [3.63, 3.8) is 0 Å². The van der Waals surface area contributed by atoms with Crippen LogP contribution in [0, 0.1) is 0 Å². The molecule has 0 atom stereocenters. The lowest BCUT2D eigenvalue weighted by molar-refractivity contribution is -0.141. The van der Waals surface area contributed by atoms with Crippen LogP contribution in [0.1, 0.15) is 26.1 Å². The van der Waals surface area contributed by atoms with E-state index in [1.54, 1.807) is 21.4 Å². The van der Waals surface area contributed by atoms with E-state index in [-0.39, 0.29) is 29.3 Å². The Morgan fingerprint density at radius 2 is 1.81 bits per heavy atom. The van der Waals surface area contributed by atoms with Gasteiger partial charge in [0.05, 0.1) is 0 Å². The Balaban J connectivity index is 1.16. The average Bonchev–Trinajstić information content (AvgIpc) is 3.41. The van der Waals surface area contributed by atoms with Gasteiger partial charge in [0.2, 0.25) is 5.71 Å². The number of fused-ring (bicyclic) bond motifs is 1. The molecular weight excluding hydrogens is 447 g/mol. The van der Waals surface area contributed by atoms with E-state index in [0.717, 1.165) is 6.07 Å². The predicted molar refractivity (Wildman–Crippen MR) is 108 cm³/mol. The second kappa shape index (κ2) is 7.85. The van der Waals surface area contributed by atoms with Crippen molar-refractivity contribution in [2.75, 3.05) is 39.3 Å². The van der Waals surface area contributed by atoms with Crippen LogP contribution in [0.4, 0.5) is 13.2 Å². The number of pyridine rings is 1. The molecule has 12 heteroatoms. The van der Waals surface area contributed by atoms with Crippen molar-refractivity contribution in [1.82, 2.24) is 24.7 Å². The summed E-state index contributed by atoms with van der Waals surface area (Å²) in [6.45, 7) is 3.60. The van der Waals surface area contributed by atoms with Crippen molar-refractivity contribution in [2.45, 2.75) is 12.2 Å². The van der Waals surface area contributed by atoms with Gasteiger partial charge in [-0.3, -0.25) is 14.5 Å². The summed E-state index contributed by atoms with van der Waals surface area (Å²) < 4.78 is 43.8. The number of likely N-dealkylation sites (tertiary alicyclic amines) is 1. The van der Waals surface area contributed by atoms with Crippen molar-refractivity contribution < 1.29 is 27.2 Å². The van der Waals surface area contributed by atoms with Gasteiger partial charge in [0, 0.05) is 62.3 Å². The number of aromatic nitrogens is 2. The maximum Gasteiger partial charge on any atom is 0.433 e. The highest BCUT2D eigenvalue weighted by Gasteiger charge is 2.38. The molecule has 0 radical (unpaired) electrons. The second-order valence-electron chi connectivity index (χ2n) is 7.73. The second-order valence-corrected chi connectivity index (χ2v) is 8.62. The first-order valence-corrected chi connectivity index (χ1v) is 10.9. The monoisotopic (exact) mass is 465 g/mol. The zero-order chi connectivity index (χ0) is 22.5. The van der Waals surface area contributed by atoms with E-state index < -0.39 is 11.9 Å². The van der Waals surface area contributed by atoms with Crippen LogP contribution in [0.25, 0.3) is 11.1 Å². The molecule has 2 saturated heterocycles. The molecule has 0 unspecified atom stereocenters. The molecule has 2 aliphatic heterocycles. The fraction of sp³-hybridized carbons (Fsp3) is 0.400. The summed E-state index contributed by atoms with van der Waals surface area (Å²) in [5.41, 5.74) is -1.27. The lowest BCUT2D eigenvalue weighted by atomic mass is 10.1. The molecule has 2 aliphatic rings. The van der Waals surface area contributed by atoms with Crippen LogP contribution in [-0.4, -0.2) is 81.8 Å². The number of rotatable bonds is 3. The number of hydrogen-bond donors (Lipinski definition) is 0. The minimum Gasteiger partial charge on any atom is -0.433 e. The van der Waals surface area contributed by atoms with Gasteiger partial charge in [0.25, 0.3) is 11.8 Å². The van der Waals surface area contributed by atoms with Gasteiger partial charge in [-0.25, -0.2) is 9.97 Å². The molecule has 32 heavy (non-hydrogen) atoms. The first-order valence-electron chi connectivity index (χ1n) is 9.99. The van der Waals surface area contributed by atoms with Crippen molar-refractivity contribution in [3.8, 4) is 0 Å². The molecule has 8 nitrogen and oxygen atoms in total. The highest BCUT2D eigenvalue weighted by Crippen LogP contribution is 2.30. The summed E-state index contributed by atoms with van der Waals surface area (Å²) in [6.07, 6.45) is -2.97. The number of carbonyl (C=O) groups excluding carboxylic acids is 2. The normalized spacial score (nSPS) is 18.2. The third-order valence-corrected chi connectivity index (χ3v) is 6.53. The Morgan fingerprint density at radius 1 is 1.06 bits per heavy atom. The summed E-state index contributed by atoms with van der Waals surface area (Å²) in [7, 11) is 0. The number of hydrogen-bond acceptors (Lipinski definition) is 7. The number of amides is 2. The Hall–Kier alpha value is -2.99. The largest absolute Gasteiger partial charge is 0.433 e. The zero-order valence-corrected chi connectivity index (χ0v) is 17.5. The Bertz CT molecular complexity index is 1150. The number of furan rings is 1. The van der Waals surface area contributed by atoms with E-state index in [1.807, 2.05) is 0 Å². The summed E-state index contributed by atoms with van der Waals surface area (Å²) >= 11 is 1.32. The quantitative estimate of drug-likeness (QED) is 0.592. The van der Waals surface area contributed by atoms with Crippen molar-refractivity contribution in [2.24, 2.45) is 0 Å². The number of halogens is 3. The molecular formula is C20H18F3N5O3S. The average molecular weight is 465 g/mol. The minimum absolute atomic E-state index is 0.0239. The molecule has 3 aromatic heterocycles. The number of alkyl halides is 3. The van der Waals surface area contributed by atoms with Crippen LogP contribution in [0.5, 0.6) is 0 Å². The molecule has 0 bridgehead atoms. The van der Waals surface area contributed by atoms with Gasteiger partial charge in [0.15, 0.2) is 10.8 Å². The molecule has 3 aromatic rings. The van der Waals surface area contributed by atoms with Crippen LogP contribution >= 0.6 is 11.3 Å². The molecule has 5 heterocycles. The predicted octanol–water partition coefficient (Wildman–Crippen LogP) is 2.59. The highest BCUT2D eigenvalue weighted by molar-refractivity contribution is 7.11. The van der Waals surface area contributed by atoms with E-state index in [2.05, 4.69) is 14.9 Å². The van der Waals surface area contributed by atoms with Crippen molar-refractivity contribution in [3.05, 3.63) is 46.2 Å². The molecule has 2 fully saturated rings. The molecule has 0 aromatic carbocycles. The van der Waals surface area contributed by atoms with E-state index in [1.165, 1.54) is 23.5 Å². The van der Waals surface area contributed by atoms with E-state index >= 15 is 0 Å². The van der Waals surface area contributed by atoms with Crippen LogP contribution in [0.2, 0.25) is 0 Å². The molecule has 0 aliphatic carbocycles. The SMILES string of the molecule is O=C(c1cc2ccc(C(F)(F)F)nc2o1)N1CC(N2CCN(C(=O)c3nccs3)CC2)C1. The van der Waals surface area contributed by atoms with Crippen LogP contribution in [0.15, 0.2) is 34.2 Å². The van der Waals surface area contributed by atoms with Gasteiger partial charge in [-0.05, 0) is 18.2 Å². The third-order valence-electron chi connectivity index (χ3n) is 5.77. The molecule has 2 amide bonds. The van der Waals surface area contributed by atoms with Crippen LogP contribution < -0.4 is 0 Å². The van der Waals surface area contributed by atoms with Gasteiger partial charge in [-0.15, -0.1) is 11.3 Å². The van der Waals surface area contributed by atoms with E-state index in [4.69, 9.17) is 4.42 Å². The standard InChI is InChI=1S/C20H18F3N5O3S/c21-20(22,23)15-2-1-12-9-14(31-16(12)25-15)18(29)28-10-13(11-28)26-4-6-27(7-5-26)19(30)17-24-3-8-32-17/h1-3,8-9,13H,4-7,10-11H2. The highest BCUT2D eigenvalue weighted by atomic mass is 32.1. The van der Waals surface area contributed by atoms with Gasteiger partial charge in [-0.1, -0.05) is 0 Å².